The van der Waals surface area contributed by atoms with Crippen molar-refractivity contribution in [3.63, 3.8) is 0 Å². The molecule has 1 saturated carbocycles. The van der Waals surface area contributed by atoms with Crippen molar-refractivity contribution in [1.29, 1.82) is 0 Å². The first kappa shape index (κ1) is 16.7. The van der Waals surface area contributed by atoms with Gasteiger partial charge in [-0.1, -0.05) is 23.4 Å². The molecule has 2 aliphatic rings. The van der Waals surface area contributed by atoms with Gasteiger partial charge in [0, 0.05) is 23.6 Å². The fourth-order valence-corrected chi connectivity index (χ4v) is 4.43. The first-order valence-electron chi connectivity index (χ1n) is 9.67. The maximum atomic E-state index is 6.01. The lowest BCUT2D eigenvalue weighted by Crippen LogP contribution is -2.34. The number of hydrogen-bond acceptors (Lipinski definition) is 6. The van der Waals surface area contributed by atoms with Crippen molar-refractivity contribution in [2.45, 2.75) is 45.6 Å². The van der Waals surface area contributed by atoms with Gasteiger partial charge in [-0.05, 0) is 63.7 Å². The second kappa shape index (κ2) is 6.30. The van der Waals surface area contributed by atoms with Crippen molar-refractivity contribution in [2.75, 3.05) is 13.1 Å². The minimum atomic E-state index is 0.357. The van der Waals surface area contributed by atoms with Gasteiger partial charge < -0.3 is 8.94 Å². The van der Waals surface area contributed by atoms with Crippen molar-refractivity contribution in [3.05, 3.63) is 53.2 Å². The summed E-state index contributed by atoms with van der Waals surface area (Å²) in [6.07, 6.45) is 3.54. The topological polar surface area (TPSA) is 68.2 Å². The fraction of sp³-hybridized carbons (Fsp3) is 0.476. The van der Waals surface area contributed by atoms with Crippen LogP contribution in [-0.2, 0) is 6.54 Å². The summed E-state index contributed by atoms with van der Waals surface area (Å²) in [6, 6.07) is 9.99. The van der Waals surface area contributed by atoms with Crippen molar-refractivity contribution < 1.29 is 8.94 Å². The summed E-state index contributed by atoms with van der Waals surface area (Å²) < 4.78 is 11.3. The molecule has 1 saturated heterocycles. The molecular formula is C21H24N4O2. The Balaban J connectivity index is 1.23. The van der Waals surface area contributed by atoms with E-state index in [1.807, 2.05) is 44.2 Å². The minimum Gasteiger partial charge on any atom is -0.420 e. The van der Waals surface area contributed by atoms with Crippen LogP contribution in [0.3, 0.4) is 0 Å². The third kappa shape index (κ3) is 2.98. The van der Waals surface area contributed by atoms with Crippen molar-refractivity contribution >= 4 is 0 Å². The van der Waals surface area contributed by atoms with Crippen LogP contribution in [0.4, 0.5) is 0 Å². The molecule has 2 fully saturated rings. The van der Waals surface area contributed by atoms with Crippen LogP contribution in [0.1, 0.15) is 48.1 Å². The van der Waals surface area contributed by atoms with E-state index in [1.54, 1.807) is 0 Å². The van der Waals surface area contributed by atoms with E-state index in [1.165, 1.54) is 24.8 Å². The predicted octanol–water partition coefficient (Wildman–Crippen LogP) is 4.11. The molecule has 0 N–H and O–H groups in total. The molecule has 6 nitrogen and oxygen atoms in total. The molecule has 1 spiro atoms. The number of nitrogens with zero attached hydrogens (tertiary/aromatic N) is 4. The molecule has 3 heterocycles. The van der Waals surface area contributed by atoms with Crippen LogP contribution < -0.4 is 0 Å². The Hall–Kier alpha value is -2.47. The van der Waals surface area contributed by atoms with Gasteiger partial charge in [-0.2, -0.15) is 0 Å². The molecule has 0 unspecified atom stereocenters. The van der Waals surface area contributed by atoms with Crippen LogP contribution in [0, 0.1) is 19.3 Å². The van der Waals surface area contributed by atoms with Crippen molar-refractivity contribution in [3.8, 4) is 11.5 Å². The molecule has 140 valence electrons. The van der Waals surface area contributed by atoms with Crippen LogP contribution >= 0.6 is 0 Å². The van der Waals surface area contributed by atoms with Crippen LogP contribution in [0.25, 0.3) is 11.5 Å². The van der Waals surface area contributed by atoms with Gasteiger partial charge in [0.2, 0.25) is 11.8 Å². The highest BCUT2D eigenvalue weighted by Gasteiger charge is 2.58. The van der Waals surface area contributed by atoms with Gasteiger partial charge >= 0.3 is 0 Å². The maximum absolute atomic E-state index is 6.01. The molecule has 6 heteroatoms. The Morgan fingerprint density at radius 2 is 1.89 bits per heavy atom. The molecule has 1 aromatic carbocycles. The zero-order chi connectivity index (χ0) is 18.4. The monoisotopic (exact) mass is 364 g/mol. The van der Waals surface area contributed by atoms with E-state index in [9.17, 15) is 0 Å². The largest absolute Gasteiger partial charge is 0.420 e. The molecule has 0 radical (unpaired) electrons. The first-order valence-corrected chi connectivity index (χ1v) is 9.67. The molecule has 1 aliphatic carbocycles. The molecule has 1 atom stereocenters. The minimum absolute atomic E-state index is 0.357. The Morgan fingerprint density at radius 3 is 2.59 bits per heavy atom. The quantitative estimate of drug-likeness (QED) is 0.694. The summed E-state index contributed by atoms with van der Waals surface area (Å²) in [5.74, 6) is 2.80. The molecule has 3 aromatic rings. The average molecular weight is 364 g/mol. The summed E-state index contributed by atoms with van der Waals surface area (Å²) >= 11 is 0. The Labute approximate surface area is 158 Å². The summed E-state index contributed by atoms with van der Waals surface area (Å²) in [6.45, 7) is 7.15. The fourth-order valence-electron chi connectivity index (χ4n) is 4.43. The van der Waals surface area contributed by atoms with E-state index in [0.29, 0.717) is 17.2 Å². The summed E-state index contributed by atoms with van der Waals surface area (Å²) in [7, 11) is 0. The number of aromatic nitrogens is 3. The van der Waals surface area contributed by atoms with Gasteiger partial charge in [-0.15, -0.1) is 10.2 Å². The molecule has 1 aliphatic heterocycles. The van der Waals surface area contributed by atoms with E-state index >= 15 is 0 Å². The number of hydrogen-bond donors (Lipinski definition) is 0. The van der Waals surface area contributed by atoms with Gasteiger partial charge in [0.15, 0.2) is 0 Å². The molecule has 27 heavy (non-hydrogen) atoms. The molecule has 0 amide bonds. The van der Waals surface area contributed by atoms with Gasteiger partial charge in [0.05, 0.1) is 5.69 Å². The zero-order valence-electron chi connectivity index (χ0n) is 15.8. The number of piperidine rings is 1. The first-order chi connectivity index (χ1) is 13.1. The molecule has 0 bridgehead atoms. The van der Waals surface area contributed by atoms with E-state index in [2.05, 4.69) is 20.3 Å². The second-order valence-corrected chi connectivity index (χ2v) is 8.01. The van der Waals surface area contributed by atoms with Crippen LogP contribution in [0.5, 0.6) is 0 Å². The normalized spacial score (nSPS) is 21.6. The summed E-state index contributed by atoms with van der Waals surface area (Å²) in [5.41, 5.74) is 3.59. The Kier molecular flexibility index (Phi) is 3.90. The summed E-state index contributed by atoms with van der Waals surface area (Å²) in [4.78, 5) is 2.51. The Bertz CT molecular complexity index is 919. The molecule has 2 aromatic heterocycles. The standard InChI is InChI=1S/C21H24N4O2/c1-14-17(15(2)27-24-14)13-25-10-8-21(9-11-25)12-18(21)20-23-22-19(26-20)16-6-4-3-5-7-16/h3-7,18H,8-13H2,1-2H3/t18-/m0/s1. The highest BCUT2D eigenvalue weighted by molar-refractivity contribution is 5.51. The number of aryl methyl sites for hydroxylation is 2. The Morgan fingerprint density at radius 1 is 1.11 bits per heavy atom. The molecule has 5 rings (SSSR count). The van der Waals surface area contributed by atoms with E-state index in [4.69, 9.17) is 8.94 Å². The lowest BCUT2D eigenvalue weighted by atomic mass is 9.90. The van der Waals surface area contributed by atoms with Crippen LogP contribution in [0.15, 0.2) is 39.3 Å². The van der Waals surface area contributed by atoms with Crippen molar-refractivity contribution in [1.82, 2.24) is 20.3 Å². The highest BCUT2D eigenvalue weighted by Crippen LogP contribution is 2.64. The average Bonchev–Trinajstić information content (AvgIpc) is 3.02. The van der Waals surface area contributed by atoms with Gasteiger partial charge in [-0.3, -0.25) is 4.90 Å². The predicted molar refractivity (Wildman–Crippen MR) is 100 cm³/mol. The van der Waals surface area contributed by atoms with Crippen molar-refractivity contribution in [2.24, 2.45) is 5.41 Å². The lowest BCUT2D eigenvalue weighted by Gasteiger charge is -2.32. The smallest absolute Gasteiger partial charge is 0.247 e. The summed E-state index contributed by atoms with van der Waals surface area (Å²) in [5, 5.41) is 12.7. The van der Waals surface area contributed by atoms with E-state index in [0.717, 1.165) is 42.5 Å². The van der Waals surface area contributed by atoms with Crippen LogP contribution in [-0.4, -0.2) is 33.3 Å². The van der Waals surface area contributed by atoms with E-state index in [-0.39, 0.29) is 0 Å². The molecular weight excluding hydrogens is 340 g/mol. The SMILES string of the molecule is Cc1noc(C)c1CN1CCC2(CC1)C[C@H]2c1nnc(-c2ccccc2)o1. The van der Waals surface area contributed by atoms with Crippen LogP contribution in [0.2, 0.25) is 0 Å². The second-order valence-electron chi connectivity index (χ2n) is 8.01. The maximum Gasteiger partial charge on any atom is 0.247 e. The third-order valence-electron chi connectivity index (χ3n) is 6.36. The zero-order valence-corrected chi connectivity index (χ0v) is 15.8. The third-order valence-corrected chi connectivity index (χ3v) is 6.36. The van der Waals surface area contributed by atoms with E-state index < -0.39 is 0 Å². The number of likely N-dealkylation sites (tertiary alicyclic amines) is 1. The van der Waals surface area contributed by atoms with Gasteiger partial charge in [0.1, 0.15) is 5.76 Å². The highest BCUT2D eigenvalue weighted by atomic mass is 16.5. The van der Waals surface area contributed by atoms with Gasteiger partial charge in [-0.25, -0.2) is 0 Å². The number of rotatable bonds is 4. The lowest BCUT2D eigenvalue weighted by molar-refractivity contribution is 0.159. The number of benzene rings is 1. The van der Waals surface area contributed by atoms with Gasteiger partial charge in [0.25, 0.3) is 0 Å².